The molecule has 1 amide bonds. The van der Waals surface area contributed by atoms with Crippen LogP contribution in [0.5, 0.6) is 17.2 Å². The molecule has 5 nitrogen and oxygen atoms in total. The van der Waals surface area contributed by atoms with E-state index in [9.17, 15) is 9.90 Å². The molecule has 24 heavy (non-hydrogen) atoms. The summed E-state index contributed by atoms with van der Waals surface area (Å²) in [6.45, 7) is 0.974. The molecule has 3 rings (SSSR count). The number of amides is 1. The molecule has 0 saturated carbocycles. The highest BCUT2D eigenvalue weighted by molar-refractivity contribution is 6.32. The third-order valence-electron chi connectivity index (χ3n) is 3.73. The summed E-state index contributed by atoms with van der Waals surface area (Å²) in [5.74, 6) is 1.39. The van der Waals surface area contributed by atoms with Crippen molar-refractivity contribution in [1.82, 2.24) is 5.32 Å². The van der Waals surface area contributed by atoms with Crippen LogP contribution in [0.2, 0.25) is 5.02 Å². The standard InChI is InChI=1S/C18H18ClNO4/c19-14-9-12(5-6-15(14)21)10-18(22)20-8-7-13-11-23-16-3-1-2-4-17(16)24-13/h1-6,9,13,21H,7-8,10-11H2,(H,20,22). The molecule has 0 aromatic heterocycles. The third kappa shape index (κ3) is 4.11. The predicted octanol–water partition coefficient (Wildman–Crippen LogP) is 2.93. The lowest BCUT2D eigenvalue weighted by Gasteiger charge is -2.26. The van der Waals surface area contributed by atoms with Gasteiger partial charge in [-0.1, -0.05) is 29.8 Å². The van der Waals surface area contributed by atoms with E-state index >= 15 is 0 Å². The molecule has 1 atom stereocenters. The van der Waals surface area contributed by atoms with Crippen LogP contribution in [0.1, 0.15) is 12.0 Å². The number of rotatable bonds is 5. The van der Waals surface area contributed by atoms with Gasteiger partial charge in [0.15, 0.2) is 11.5 Å². The van der Waals surface area contributed by atoms with Crippen LogP contribution in [0.4, 0.5) is 0 Å². The van der Waals surface area contributed by atoms with Crippen molar-refractivity contribution in [3.8, 4) is 17.2 Å². The van der Waals surface area contributed by atoms with E-state index in [1.807, 2.05) is 24.3 Å². The van der Waals surface area contributed by atoms with E-state index in [2.05, 4.69) is 5.32 Å². The summed E-state index contributed by atoms with van der Waals surface area (Å²) in [5.41, 5.74) is 0.751. The summed E-state index contributed by atoms with van der Waals surface area (Å²) in [4.78, 5) is 12.0. The Bertz CT molecular complexity index is 735. The minimum atomic E-state index is -0.103. The maximum absolute atomic E-state index is 12.0. The van der Waals surface area contributed by atoms with Gasteiger partial charge >= 0.3 is 0 Å². The first-order valence-electron chi connectivity index (χ1n) is 7.74. The van der Waals surface area contributed by atoms with Crippen molar-refractivity contribution in [3.63, 3.8) is 0 Å². The number of hydrogen-bond acceptors (Lipinski definition) is 4. The number of phenolic OH excluding ortho intramolecular Hbond substituents is 1. The summed E-state index contributed by atoms with van der Waals surface area (Å²) in [6.07, 6.45) is 0.796. The molecule has 1 heterocycles. The highest BCUT2D eigenvalue weighted by Gasteiger charge is 2.20. The van der Waals surface area contributed by atoms with Gasteiger partial charge in [0.05, 0.1) is 11.4 Å². The zero-order chi connectivity index (χ0) is 16.9. The Kier molecular flexibility index (Phi) is 5.11. The monoisotopic (exact) mass is 347 g/mol. The first-order valence-corrected chi connectivity index (χ1v) is 8.12. The minimum Gasteiger partial charge on any atom is -0.506 e. The Morgan fingerprint density at radius 3 is 2.83 bits per heavy atom. The first-order chi connectivity index (χ1) is 11.6. The molecule has 2 aromatic rings. The van der Waals surface area contributed by atoms with Crippen LogP contribution in [0.3, 0.4) is 0 Å². The smallest absolute Gasteiger partial charge is 0.224 e. The predicted molar refractivity (Wildman–Crippen MR) is 90.8 cm³/mol. The van der Waals surface area contributed by atoms with Crippen LogP contribution in [-0.4, -0.2) is 30.3 Å². The van der Waals surface area contributed by atoms with Crippen molar-refractivity contribution in [1.29, 1.82) is 0 Å². The molecular weight excluding hydrogens is 330 g/mol. The Morgan fingerprint density at radius 2 is 2.04 bits per heavy atom. The number of carbonyl (C=O) groups excluding carboxylic acids is 1. The maximum atomic E-state index is 12.0. The maximum Gasteiger partial charge on any atom is 0.224 e. The zero-order valence-electron chi connectivity index (χ0n) is 13.0. The molecule has 0 fully saturated rings. The van der Waals surface area contributed by atoms with Gasteiger partial charge in [-0.2, -0.15) is 0 Å². The van der Waals surface area contributed by atoms with Crippen LogP contribution < -0.4 is 14.8 Å². The number of ether oxygens (including phenoxy) is 2. The van der Waals surface area contributed by atoms with Gasteiger partial charge in [-0.15, -0.1) is 0 Å². The molecule has 1 unspecified atom stereocenters. The summed E-state index contributed by atoms with van der Waals surface area (Å²) in [5, 5.41) is 12.5. The molecule has 6 heteroatoms. The second-order valence-electron chi connectivity index (χ2n) is 5.60. The van der Waals surface area contributed by atoms with Crippen molar-refractivity contribution >= 4 is 17.5 Å². The number of carbonyl (C=O) groups is 1. The van der Waals surface area contributed by atoms with E-state index in [1.165, 1.54) is 6.07 Å². The van der Waals surface area contributed by atoms with Crippen LogP contribution in [-0.2, 0) is 11.2 Å². The van der Waals surface area contributed by atoms with Crippen LogP contribution in [0.25, 0.3) is 0 Å². The van der Waals surface area contributed by atoms with E-state index in [1.54, 1.807) is 12.1 Å². The summed E-state index contributed by atoms with van der Waals surface area (Å²) in [7, 11) is 0. The van der Waals surface area contributed by atoms with Crippen molar-refractivity contribution in [3.05, 3.63) is 53.1 Å². The minimum absolute atomic E-state index is 0.00977. The molecule has 1 aliphatic rings. The molecule has 2 aromatic carbocycles. The summed E-state index contributed by atoms with van der Waals surface area (Å²) in [6, 6.07) is 12.3. The fraction of sp³-hybridized carbons (Fsp3) is 0.278. The first kappa shape index (κ1) is 16.5. The Balaban J connectivity index is 1.43. The topological polar surface area (TPSA) is 67.8 Å². The Morgan fingerprint density at radius 1 is 1.25 bits per heavy atom. The number of hydrogen-bond donors (Lipinski definition) is 2. The lowest BCUT2D eigenvalue weighted by molar-refractivity contribution is -0.120. The molecule has 0 bridgehead atoms. The quantitative estimate of drug-likeness (QED) is 0.872. The fourth-order valence-corrected chi connectivity index (χ4v) is 2.69. The van der Waals surface area contributed by atoms with Gasteiger partial charge in [-0.25, -0.2) is 0 Å². The lowest BCUT2D eigenvalue weighted by atomic mass is 10.1. The van der Waals surface area contributed by atoms with Crippen molar-refractivity contribution in [2.45, 2.75) is 18.9 Å². The van der Waals surface area contributed by atoms with E-state index in [-0.39, 0.29) is 29.2 Å². The molecule has 1 aliphatic heterocycles. The van der Waals surface area contributed by atoms with Gasteiger partial charge in [0.25, 0.3) is 0 Å². The molecule has 0 spiro atoms. The lowest BCUT2D eigenvalue weighted by Crippen LogP contribution is -2.34. The van der Waals surface area contributed by atoms with Crippen LogP contribution in [0, 0.1) is 0 Å². The second-order valence-corrected chi connectivity index (χ2v) is 6.01. The molecule has 126 valence electrons. The van der Waals surface area contributed by atoms with Gasteiger partial charge in [-0.3, -0.25) is 4.79 Å². The van der Waals surface area contributed by atoms with Crippen molar-refractivity contribution < 1.29 is 19.4 Å². The van der Waals surface area contributed by atoms with Gasteiger partial charge < -0.3 is 19.9 Å². The average molecular weight is 348 g/mol. The number of phenols is 1. The Labute approximate surface area is 145 Å². The van der Waals surface area contributed by atoms with E-state index in [4.69, 9.17) is 21.1 Å². The number of aromatic hydroxyl groups is 1. The number of halogens is 1. The molecule has 0 aliphatic carbocycles. The van der Waals surface area contributed by atoms with Crippen molar-refractivity contribution in [2.75, 3.05) is 13.2 Å². The molecule has 0 radical (unpaired) electrons. The third-order valence-corrected chi connectivity index (χ3v) is 4.04. The van der Waals surface area contributed by atoms with E-state index in [0.29, 0.717) is 19.6 Å². The number of benzene rings is 2. The van der Waals surface area contributed by atoms with E-state index in [0.717, 1.165) is 17.1 Å². The summed E-state index contributed by atoms with van der Waals surface area (Å²) < 4.78 is 11.5. The Hall–Kier alpha value is -2.40. The van der Waals surface area contributed by atoms with Gasteiger partial charge in [0, 0.05) is 13.0 Å². The van der Waals surface area contributed by atoms with Gasteiger partial charge in [0.2, 0.25) is 5.91 Å². The molecular formula is C18H18ClNO4. The fourth-order valence-electron chi connectivity index (χ4n) is 2.49. The normalized spacial score (nSPS) is 15.8. The highest BCUT2D eigenvalue weighted by atomic mass is 35.5. The highest BCUT2D eigenvalue weighted by Crippen LogP contribution is 2.31. The molecule has 0 saturated heterocycles. The number of fused-ring (bicyclic) bond motifs is 1. The van der Waals surface area contributed by atoms with Crippen LogP contribution in [0.15, 0.2) is 42.5 Å². The number of para-hydroxylation sites is 2. The number of nitrogens with one attached hydrogen (secondary N) is 1. The van der Waals surface area contributed by atoms with E-state index < -0.39 is 0 Å². The largest absolute Gasteiger partial charge is 0.506 e. The summed E-state index contributed by atoms with van der Waals surface area (Å²) >= 11 is 5.83. The van der Waals surface area contributed by atoms with Gasteiger partial charge in [0.1, 0.15) is 18.5 Å². The SMILES string of the molecule is O=C(Cc1ccc(O)c(Cl)c1)NCCC1COc2ccccc2O1. The van der Waals surface area contributed by atoms with Gasteiger partial charge in [-0.05, 0) is 29.8 Å². The second kappa shape index (κ2) is 7.45. The average Bonchev–Trinajstić information content (AvgIpc) is 2.58. The zero-order valence-corrected chi connectivity index (χ0v) is 13.8. The van der Waals surface area contributed by atoms with Crippen molar-refractivity contribution in [2.24, 2.45) is 0 Å². The molecule has 2 N–H and O–H groups in total. The van der Waals surface area contributed by atoms with Crippen LogP contribution >= 0.6 is 11.6 Å².